The number of hydrazone groups is 1. The molecule has 0 atom stereocenters. The summed E-state index contributed by atoms with van der Waals surface area (Å²) in [6.07, 6.45) is 1.25. The Bertz CT molecular complexity index is 945. The van der Waals surface area contributed by atoms with E-state index in [1.54, 1.807) is 12.1 Å². The van der Waals surface area contributed by atoms with Crippen LogP contribution in [0, 0.1) is 6.92 Å². The van der Waals surface area contributed by atoms with Gasteiger partial charge in [0, 0.05) is 10.6 Å². The maximum atomic E-state index is 12.6. The zero-order chi connectivity index (χ0) is 24.2. The SMILES string of the molecule is C/C(=N\Nc1ccc(C)cc1)c1cc(Cl)ccc1NS(=O)(=O)C(F)(F)F.CC.CCC. The Morgan fingerprint density at radius 3 is 2.06 bits per heavy atom. The zero-order valence-electron chi connectivity index (χ0n) is 18.4. The molecule has 0 radical (unpaired) electrons. The van der Waals surface area contributed by atoms with Gasteiger partial charge < -0.3 is 0 Å². The van der Waals surface area contributed by atoms with Gasteiger partial charge >= 0.3 is 15.5 Å². The number of benzene rings is 2. The van der Waals surface area contributed by atoms with Crippen molar-refractivity contribution in [2.75, 3.05) is 10.1 Å². The highest BCUT2D eigenvalue weighted by atomic mass is 35.5. The second-order valence-electron chi connectivity index (χ2n) is 6.12. The zero-order valence-corrected chi connectivity index (χ0v) is 20.0. The van der Waals surface area contributed by atoms with Crippen LogP contribution in [0.5, 0.6) is 0 Å². The smallest absolute Gasteiger partial charge is 0.278 e. The van der Waals surface area contributed by atoms with Crippen LogP contribution in [0.25, 0.3) is 0 Å². The van der Waals surface area contributed by atoms with Crippen molar-refractivity contribution in [3.63, 3.8) is 0 Å². The molecule has 0 aliphatic rings. The largest absolute Gasteiger partial charge is 0.516 e. The monoisotopic (exact) mass is 479 g/mol. The third-order valence-corrected chi connectivity index (χ3v) is 4.66. The van der Waals surface area contributed by atoms with Crippen LogP contribution in [0.4, 0.5) is 24.5 Å². The van der Waals surface area contributed by atoms with Gasteiger partial charge in [0.1, 0.15) is 0 Å². The van der Waals surface area contributed by atoms with Crippen LogP contribution in [0.2, 0.25) is 5.02 Å². The Kier molecular flexibility index (Phi) is 12.3. The van der Waals surface area contributed by atoms with E-state index in [4.69, 9.17) is 11.6 Å². The van der Waals surface area contributed by atoms with Crippen LogP contribution < -0.4 is 10.1 Å². The number of hydrogen-bond acceptors (Lipinski definition) is 4. The molecular weight excluding hydrogens is 451 g/mol. The van der Waals surface area contributed by atoms with Gasteiger partial charge in [0.2, 0.25) is 0 Å². The molecule has 0 bridgehead atoms. The van der Waals surface area contributed by atoms with Crippen molar-refractivity contribution in [2.45, 2.75) is 53.5 Å². The molecule has 0 aromatic heterocycles. The number of halogens is 4. The van der Waals surface area contributed by atoms with Crippen molar-refractivity contribution in [1.29, 1.82) is 0 Å². The van der Waals surface area contributed by atoms with Gasteiger partial charge in [-0.3, -0.25) is 10.1 Å². The molecule has 2 rings (SSSR count). The minimum Gasteiger partial charge on any atom is -0.278 e. The van der Waals surface area contributed by atoms with E-state index in [0.717, 1.165) is 11.6 Å². The van der Waals surface area contributed by atoms with E-state index in [-0.39, 0.29) is 22.0 Å². The molecule has 2 N–H and O–H groups in total. The molecule has 0 fully saturated rings. The summed E-state index contributed by atoms with van der Waals surface area (Å²) in [5.41, 5.74) is -0.888. The van der Waals surface area contributed by atoms with E-state index < -0.39 is 15.5 Å². The summed E-state index contributed by atoms with van der Waals surface area (Å²) < 4.78 is 62.1. The maximum absolute atomic E-state index is 12.6. The predicted molar refractivity (Wildman–Crippen MR) is 124 cm³/mol. The van der Waals surface area contributed by atoms with Gasteiger partial charge in [-0.1, -0.05) is 63.4 Å². The first kappa shape index (κ1) is 28.7. The fourth-order valence-electron chi connectivity index (χ4n) is 1.94. The van der Waals surface area contributed by atoms with Crippen molar-refractivity contribution in [3.05, 3.63) is 58.6 Å². The Labute approximate surface area is 187 Å². The minimum absolute atomic E-state index is 0.116. The van der Waals surface area contributed by atoms with E-state index >= 15 is 0 Å². The standard InChI is InChI=1S/C16H15ClF3N3O2S.C3H8.C2H6/c1-10-3-6-13(7-4-10)22-21-11(2)14-9-12(17)5-8-15(14)23-26(24,25)16(18,19)20;1-3-2;1-2/h3-9,22-23H,1-2H3;3H2,1-2H3;1-2H3/b21-11+;;. The number of aryl methyl sites for hydroxylation is 1. The highest BCUT2D eigenvalue weighted by Crippen LogP contribution is 2.29. The topological polar surface area (TPSA) is 70.6 Å². The number of sulfonamides is 1. The first-order chi connectivity index (χ1) is 14.4. The Hall–Kier alpha value is -2.26. The Balaban J connectivity index is 0.00000165. The molecule has 0 aliphatic carbocycles. The van der Waals surface area contributed by atoms with Gasteiger partial charge in [-0.05, 0) is 44.2 Å². The van der Waals surface area contributed by atoms with Gasteiger partial charge in [-0.25, -0.2) is 0 Å². The Morgan fingerprint density at radius 2 is 1.58 bits per heavy atom. The van der Waals surface area contributed by atoms with Gasteiger partial charge in [0.05, 0.1) is 17.1 Å². The summed E-state index contributed by atoms with van der Waals surface area (Å²) in [6.45, 7) is 11.7. The average Bonchev–Trinajstić information content (AvgIpc) is 2.70. The first-order valence-electron chi connectivity index (χ1n) is 9.67. The highest BCUT2D eigenvalue weighted by molar-refractivity contribution is 7.93. The van der Waals surface area contributed by atoms with E-state index in [0.29, 0.717) is 5.69 Å². The summed E-state index contributed by atoms with van der Waals surface area (Å²) in [5, 5.41) is 4.30. The van der Waals surface area contributed by atoms with Crippen molar-refractivity contribution >= 4 is 38.7 Å². The number of nitrogens with one attached hydrogen (secondary N) is 2. The van der Waals surface area contributed by atoms with E-state index in [1.165, 1.54) is 30.2 Å². The molecule has 0 unspecified atom stereocenters. The van der Waals surface area contributed by atoms with Crippen molar-refractivity contribution < 1.29 is 21.6 Å². The summed E-state index contributed by atoms with van der Waals surface area (Å²) in [5.74, 6) is 0. The lowest BCUT2D eigenvalue weighted by Crippen LogP contribution is -2.30. The van der Waals surface area contributed by atoms with E-state index in [1.807, 2.05) is 32.9 Å². The highest BCUT2D eigenvalue weighted by Gasteiger charge is 2.46. The van der Waals surface area contributed by atoms with Crippen LogP contribution in [-0.2, 0) is 10.0 Å². The van der Waals surface area contributed by atoms with Gasteiger partial charge in [-0.2, -0.15) is 26.7 Å². The lowest BCUT2D eigenvalue weighted by atomic mass is 10.1. The van der Waals surface area contributed by atoms with Crippen molar-refractivity contribution in [3.8, 4) is 0 Å². The van der Waals surface area contributed by atoms with Gasteiger partial charge in [0.15, 0.2) is 0 Å². The molecule has 0 heterocycles. The molecule has 2 aromatic rings. The second-order valence-corrected chi connectivity index (χ2v) is 8.23. The second kappa shape index (κ2) is 13.2. The third-order valence-electron chi connectivity index (χ3n) is 3.32. The fraction of sp³-hybridized carbons (Fsp3) is 0.381. The maximum Gasteiger partial charge on any atom is 0.516 e. The van der Waals surface area contributed by atoms with Crippen LogP contribution >= 0.6 is 11.6 Å². The summed E-state index contributed by atoms with van der Waals surface area (Å²) >= 11 is 5.88. The molecule has 0 amide bonds. The molecule has 0 saturated carbocycles. The van der Waals surface area contributed by atoms with Crippen molar-refractivity contribution in [2.24, 2.45) is 5.10 Å². The minimum atomic E-state index is -5.56. The molecule has 0 saturated heterocycles. The fourth-order valence-corrected chi connectivity index (χ4v) is 2.70. The molecule has 0 aliphatic heterocycles. The van der Waals surface area contributed by atoms with Gasteiger partial charge in [-0.15, -0.1) is 0 Å². The molecule has 174 valence electrons. The third kappa shape index (κ3) is 9.61. The quantitative estimate of drug-likeness (QED) is 0.352. The summed E-state index contributed by atoms with van der Waals surface area (Å²) in [7, 11) is -5.56. The van der Waals surface area contributed by atoms with Crippen LogP contribution in [0.3, 0.4) is 0 Å². The first-order valence-corrected chi connectivity index (χ1v) is 11.5. The predicted octanol–water partition coefficient (Wildman–Crippen LogP) is 7.19. The molecule has 2 aromatic carbocycles. The van der Waals surface area contributed by atoms with E-state index in [9.17, 15) is 21.6 Å². The van der Waals surface area contributed by atoms with Crippen LogP contribution in [-0.4, -0.2) is 19.6 Å². The normalized spacial score (nSPS) is 11.5. The van der Waals surface area contributed by atoms with Crippen LogP contribution in [0.1, 0.15) is 52.2 Å². The lowest BCUT2D eigenvalue weighted by Gasteiger charge is -2.14. The molecule has 31 heavy (non-hydrogen) atoms. The molecule has 10 heteroatoms. The molecule has 0 spiro atoms. The lowest BCUT2D eigenvalue weighted by molar-refractivity contribution is -0.0429. The van der Waals surface area contributed by atoms with Gasteiger partial charge in [0.25, 0.3) is 0 Å². The average molecular weight is 480 g/mol. The number of hydrogen-bond donors (Lipinski definition) is 2. The number of anilines is 2. The summed E-state index contributed by atoms with van der Waals surface area (Å²) in [4.78, 5) is 0. The number of alkyl halides is 3. The molecular formula is C21H29ClF3N3O2S. The van der Waals surface area contributed by atoms with E-state index in [2.05, 4.69) is 24.4 Å². The molecule has 5 nitrogen and oxygen atoms in total. The summed E-state index contributed by atoms with van der Waals surface area (Å²) in [6, 6.07) is 11.0. The number of rotatable bonds is 5. The number of nitrogens with zero attached hydrogens (tertiary/aromatic N) is 1. The van der Waals surface area contributed by atoms with Crippen molar-refractivity contribution in [1.82, 2.24) is 0 Å². The van der Waals surface area contributed by atoms with Crippen LogP contribution in [0.15, 0.2) is 47.6 Å². The Morgan fingerprint density at radius 1 is 1.06 bits per heavy atom.